The lowest BCUT2D eigenvalue weighted by Gasteiger charge is -2.14. The first kappa shape index (κ1) is 24.5. The number of methoxy groups -OCH3 is 1. The Hall–Kier alpha value is -2.75. The number of benzene rings is 2. The van der Waals surface area contributed by atoms with Gasteiger partial charge in [-0.15, -0.1) is 24.0 Å². The Kier molecular flexibility index (Phi) is 10.2. The van der Waals surface area contributed by atoms with Crippen LogP contribution in [0.15, 0.2) is 65.9 Å². The molecule has 0 saturated heterocycles. The first-order valence-corrected chi connectivity index (χ1v) is 10.1. The van der Waals surface area contributed by atoms with Gasteiger partial charge in [0.2, 0.25) is 0 Å². The van der Waals surface area contributed by atoms with Gasteiger partial charge in [0.05, 0.1) is 19.4 Å². The third kappa shape index (κ3) is 7.16. The molecular weight excluding hydrogens is 505 g/mol. The van der Waals surface area contributed by atoms with Crippen molar-refractivity contribution in [2.24, 2.45) is 4.99 Å². The second-order valence-corrected chi connectivity index (χ2v) is 6.64. The second kappa shape index (κ2) is 12.8. The molecule has 1 aromatic heterocycles. The fraction of sp³-hybridized carbons (Fsp3) is 0.304. The van der Waals surface area contributed by atoms with Crippen molar-refractivity contribution in [1.29, 1.82) is 0 Å². The van der Waals surface area contributed by atoms with Crippen LogP contribution in [0.5, 0.6) is 11.5 Å². The Morgan fingerprint density at radius 2 is 1.84 bits per heavy atom. The van der Waals surface area contributed by atoms with Crippen molar-refractivity contribution in [2.45, 2.75) is 19.9 Å². The minimum atomic E-state index is 0. The number of hydrogen-bond donors (Lipinski definition) is 2. The summed E-state index contributed by atoms with van der Waals surface area (Å²) in [6.45, 7) is 3.99. The molecule has 0 amide bonds. The van der Waals surface area contributed by atoms with Gasteiger partial charge in [0.25, 0.3) is 0 Å². The standard InChI is InChI=1S/C23H29N5O2.HI/c1-4-30-21-11-8-19(16-22(21)29-3)17-26-23(24-2)25-14-12-18-6-9-20(10-7-18)28-15-5-13-27-28;/h5-11,13,15-16H,4,12,14,17H2,1-3H3,(H2,24,25,26);1H. The molecule has 2 N–H and O–H groups in total. The van der Waals surface area contributed by atoms with Gasteiger partial charge in [0.15, 0.2) is 17.5 Å². The molecule has 0 unspecified atom stereocenters. The molecular formula is C23H30IN5O2. The van der Waals surface area contributed by atoms with E-state index < -0.39 is 0 Å². The van der Waals surface area contributed by atoms with E-state index in [1.165, 1.54) is 5.56 Å². The van der Waals surface area contributed by atoms with E-state index in [9.17, 15) is 0 Å². The summed E-state index contributed by atoms with van der Waals surface area (Å²) in [6, 6.07) is 16.3. The van der Waals surface area contributed by atoms with E-state index in [-0.39, 0.29) is 24.0 Å². The van der Waals surface area contributed by atoms with E-state index in [4.69, 9.17) is 9.47 Å². The Balaban J connectivity index is 0.00000341. The first-order chi connectivity index (χ1) is 14.7. The third-order valence-corrected chi connectivity index (χ3v) is 4.62. The van der Waals surface area contributed by atoms with Crippen molar-refractivity contribution >= 4 is 29.9 Å². The van der Waals surface area contributed by atoms with Crippen molar-refractivity contribution in [2.75, 3.05) is 27.3 Å². The quantitative estimate of drug-likeness (QED) is 0.248. The second-order valence-electron chi connectivity index (χ2n) is 6.64. The largest absolute Gasteiger partial charge is 0.493 e. The lowest BCUT2D eigenvalue weighted by Crippen LogP contribution is -2.37. The van der Waals surface area contributed by atoms with Crippen LogP contribution in [-0.4, -0.2) is 43.0 Å². The summed E-state index contributed by atoms with van der Waals surface area (Å²) in [7, 11) is 3.42. The number of aliphatic imine (C=N–C) groups is 1. The fourth-order valence-corrected chi connectivity index (χ4v) is 3.07. The molecule has 0 radical (unpaired) electrons. The zero-order valence-electron chi connectivity index (χ0n) is 18.2. The number of rotatable bonds is 9. The van der Waals surface area contributed by atoms with E-state index in [0.29, 0.717) is 13.2 Å². The number of ether oxygens (including phenoxy) is 2. The molecule has 3 rings (SSSR count). The van der Waals surface area contributed by atoms with Crippen molar-refractivity contribution in [3.63, 3.8) is 0 Å². The molecule has 0 saturated carbocycles. The van der Waals surface area contributed by atoms with Crippen molar-refractivity contribution in [3.8, 4) is 17.2 Å². The molecule has 0 aliphatic carbocycles. The smallest absolute Gasteiger partial charge is 0.191 e. The number of nitrogens with zero attached hydrogens (tertiary/aromatic N) is 3. The van der Waals surface area contributed by atoms with Crippen LogP contribution in [0.2, 0.25) is 0 Å². The molecule has 0 aliphatic heterocycles. The van der Waals surface area contributed by atoms with Gasteiger partial charge in [-0.1, -0.05) is 18.2 Å². The molecule has 8 heteroatoms. The molecule has 7 nitrogen and oxygen atoms in total. The van der Waals surface area contributed by atoms with Gasteiger partial charge in [0.1, 0.15) is 0 Å². The van der Waals surface area contributed by atoms with Crippen LogP contribution >= 0.6 is 24.0 Å². The summed E-state index contributed by atoms with van der Waals surface area (Å²) in [5, 5.41) is 10.9. The lowest BCUT2D eigenvalue weighted by atomic mass is 10.1. The predicted octanol–water partition coefficient (Wildman–Crippen LogP) is 3.81. The predicted molar refractivity (Wildman–Crippen MR) is 135 cm³/mol. The van der Waals surface area contributed by atoms with Gasteiger partial charge in [0, 0.05) is 32.5 Å². The summed E-state index contributed by atoms with van der Waals surface area (Å²) in [5.74, 6) is 2.25. The minimum absolute atomic E-state index is 0. The van der Waals surface area contributed by atoms with Gasteiger partial charge in [-0.25, -0.2) is 4.68 Å². The highest BCUT2D eigenvalue weighted by atomic mass is 127. The van der Waals surface area contributed by atoms with Crippen LogP contribution in [0.25, 0.3) is 5.69 Å². The van der Waals surface area contributed by atoms with Crippen LogP contribution < -0.4 is 20.1 Å². The number of aromatic nitrogens is 2. The SMILES string of the molecule is CCOc1ccc(CNC(=NC)NCCc2ccc(-n3cccn3)cc2)cc1OC.I. The molecule has 0 fully saturated rings. The van der Waals surface area contributed by atoms with Gasteiger partial charge in [-0.2, -0.15) is 5.10 Å². The average Bonchev–Trinajstić information content (AvgIpc) is 3.32. The summed E-state index contributed by atoms with van der Waals surface area (Å²) >= 11 is 0. The Labute approximate surface area is 200 Å². The molecule has 0 aliphatic rings. The Bertz CT molecular complexity index is 943. The number of guanidine groups is 1. The maximum atomic E-state index is 5.57. The zero-order chi connectivity index (χ0) is 21.2. The van der Waals surface area contributed by atoms with E-state index in [1.54, 1.807) is 20.4 Å². The number of nitrogens with one attached hydrogen (secondary N) is 2. The maximum Gasteiger partial charge on any atom is 0.191 e. The van der Waals surface area contributed by atoms with Crippen LogP contribution in [0.4, 0.5) is 0 Å². The molecule has 0 spiro atoms. The summed E-state index contributed by atoms with van der Waals surface area (Å²) < 4.78 is 12.8. The van der Waals surface area contributed by atoms with Crippen molar-refractivity contribution in [3.05, 3.63) is 72.1 Å². The summed E-state index contributed by atoms with van der Waals surface area (Å²) in [6.07, 6.45) is 4.61. The molecule has 2 aromatic carbocycles. The fourth-order valence-electron chi connectivity index (χ4n) is 3.07. The van der Waals surface area contributed by atoms with E-state index in [1.807, 2.05) is 42.1 Å². The number of halogens is 1. The zero-order valence-corrected chi connectivity index (χ0v) is 20.5. The third-order valence-electron chi connectivity index (χ3n) is 4.62. The Morgan fingerprint density at radius 1 is 1.06 bits per heavy atom. The summed E-state index contributed by atoms with van der Waals surface area (Å²) in [4.78, 5) is 4.30. The average molecular weight is 535 g/mol. The van der Waals surface area contributed by atoms with Crippen molar-refractivity contribution < 1.29 is 9.47 Å². The van der Waals surface area contributed by atoms with Gasteiger partial charge >= 0.3 is 0 Å². The highest BCUT2D eigenvalue weighted by Crippen LogP contribution is 2.27. The van der Waals surface area contributed by atoms with Gasteiger partial charge in [-0.3, -0.25) is 4.99 Å². The molecule has 1 heterocycles. The van der Waals surface area contributed by atoms with Crippen LogP contribution in [0.1, 0.15) is 18.1 Å². The monoisotopic (exact) mass is 535 g/mol. The molecule has 3 aromatic rings. The lowest BCUT2D eigenvalue weighted by molar-refractivity contribution is 0.310. The first-order valence-electron chi connectivity index (χ1n) is 10.1. The van der Waals surface area contributed by atoms with Crippen LogP contribution in [0, 0.1) is 0 Å². The normalized spacial score (nSPS) is 10.9. The maximum absolute atomic E-state index is 5.57. The highest BCUT2D eigenvalue weighted by molar-refractivity contribution is 14.0. The van der Waals surface area contributed by atoms with Crippen LogP contribution in [-0.2, 0) is 13.0 Å². The van der Waals surface area contributed by atoms with Crippen molar-refractivity contribution in [1.82, 2.24) is 20.4 Å². The molecule has 31 heavy (non-hydrogen) atoms. The van der Waals surface area contributed by atoms with Gasteiger partial charge in [-0.05, 0) is 54.8 Å². The van der Waals surface area contributed by atoms with Crippen LogP contribution in [0.3, 0.4) is 0 Å². The molecule has 166 valence electrons. The topological polar surface area (TPSA) is 72.7 Å². The Morgan fingerprint density at radius 3 is 2.48 bits per heavy atom. The number of hydrogen-bond acceptors (Lipinski definition) is 4. The van der Waals surface area contributed by atoms with E-state index in [2.05, 4.69) is 45.0 Å². The minimum Gasteiger partial charge on any atom is -0.493 e. The molecule has 0 bridgehead atoms. The summed E-state index contributed by atoms with van der Waals surface area (Å²) in [5.41, 5.74) is 3.40. The highest BCUT2D eigenvalue weighted by Gasteiger charge is 2.06. The van der Waals surface area contributed by atoms with Gasteiger partial charge < -0.3 is 20.1 Å². The van der Waals surface area contributed by atoms with E-state index >= 15 is 0 Å². The van der Waals surface area contributed by atoms with E-state index in [0.717, 1.165) is 41.7 Å². The molecule has 0 atom stereocenters.